The standard InChI is InChI=1S/C17H21FN2O2/c1-20(10-17(11-21)5-6-17)16-8-13(9-22-2)19-15-4-3-12(18)7-14(15)16/h3-4,7-8,21H,5-6,9-11H2,1-2H3. The first-order valence-electron chi connectivity index (χ1n) is 7.47. The number of ether oxygens (including phenoxy) is 1. The van der Waals surface area contributed by atoms with Crippen LogP contribution in [0.25, 0.3) is 10.9 Å². The molecule has 1 aliphatic rings. The highest BCUT2D eigenvalue weighted by atomic mass is 19.1. The fourth-order valence-corrected chi connectivity index (χ4v) is 2.90. The summed E-state index contributed by atoms with van der Waals surface area (Å²) in [5.41, 5.74) is 2.50. The van der Waals surface area contributed by atoms with Gasteiger partial charge in [0.05, 0.1) is 24.4 Å². The molecule has 22 heavy (non-hydrogen) atoms. The molecule has 1 fully saturated rings. The molecule has 5 heteroatoms. The molecule has 3 rings (SSSR count). The molecule has 0 aliphatic heterocycles. The number of rotatable bonds is 6. The molecule has 1 aliphatic carbocycles. The number of fused-ring (bicyclic) bond motifs is 1. The molecule has 1 aromatic heterocycles. The zero-order valence-corrected chi connectivity index (χ0v) is 13.0. The van der Waals surface area contributed by atoms with Gasteiger partial charge in [0.25, 0.3) is 0 Å². The summed E-state index contributed by atoms with van der Waals surface area (Å²) in [7, 11) is 3.61. The molecular formula is C17H21FN2O2. The van der Waals surface area contributed by atoms with Crippen molar-refractivity contribution in [1.82, 2.24) is 4.98 Å². The Bertz CT molecular complexity index is 686. The van der Waals surface area contributed by atoms with E-state index in [0.717, 1.165) is 41.7 Å². The Kier molecular flexibility index (Phi) is 4.02. The van der Waals surface area contributed by atoms with E-state index in [4.69, 9.17) is 4.74 Å². The molecule has 118 valence electrons. The molecule has 2 aromatic rings. The third-order valence-corrected chi connectivity index (χ3v) is 4.37. The van der Waals surface area contributed by atoms with Crippen LogP contribution in [0.2, 0.25) is 0 Å². The van der Waals surface area contributed by atoms with Crippen molar-refractivity contribution in [2.24, 2.45) is 5.41 Å². The van der Waals surface area contributed by atoms with E-state index in [1.165, 1.54) is 12.1 Å². The van der Waals surface area contributed by atoms with Crippen molar-refractivity contribution in [2.75, 3.05) is 32.2 Å². The van der Waals surface area contributed by atoms with Crippen LogP contribution < -0.4 is 4.90 Å². The van der Waals surface area contributed by atoms with E-state index < -0.39 is 0 Å². The second kappa shape index (κ2) is 5.82. The van der Waals surface area contributed by atoms with Crippen LogP contribution in [0, 0.1) is 11.2 Å². The topological polar surface area (TPSA) is 45.6 Å². The molecule has 1 heterocycles. The number of nitrogens with zero attached hydrogens (tertiary/aromatic N) is 2. The number of hydrogen-bond donors (Lipinski definition) is 1. The molecule has 1 saturated carbocycles. The average molecular weight is 304 g/mol. The van der Waals surface area contributed by atoms with Gasteiger partial charge in [0.1, 0.15) is 5.82 Å². The van der Waals surface area contributed by atoms with Gasteiger partial charge < -0.3 is 14.7 Å². The van der Waals surface area contributed by atoms with Crippen LogP contribution in [0.3, 0.4) is 0 Å². The van der Waals surface area contributed by atoms with Crippen LogP contribution in [0.4, 0.5) is 10.1 Å². The lowest BCUT2D eigenvalue weighted by molar-refractivity contribution is 0.182. The summed E-state index contributed by atoms with van der Waals surface area (Å²) in [6.07, 6.45) is 2.08. The predicted molar refractivity (Wildman–Crippen MR) is 84.4 cm³/mol. The van der Waals surface area contributed by atoms with Gasteiger partial charge in [-0.1, -0.05) is 0 Å². The van der Waals surface area contributed by atoms with Crippen LogP contribution in [-0.4, -0.2) is 37.4 Å². The summed E-state index contributed by atoms with van der Waals surface area (Å²) in [5.74, 6) is -0.272. The van der Waals surface area contributed by atoms with Crippen LogP contribution in [-0.2, 0) is 11.3 Å². The fraction of sp³-hybridized carbons (Fsp3) is 0.471. The smallest absolute Gasteiger partial charge is 0.124 e. The first-order valence-corrected chi connectivity index (χ1v) is 7.47. The van der Waals surface area contributed by atoms with E-state index in [1.807, 2.05) is 13.1 Å². The number of pyridine rings is 1. The van der Waals surface area contributed by atoms with Crippen LogP contribution in [0.15, 0.2) is 24.3 Å². The number of aromatic nitrogens is 1. The number of aliphatic hydroxyl groups excluding tert-OH is 1. The number of hydrogen-bond acceptors (Lipinski definition) is 4. The molecule has 0 radical (unpaired) electrons. The summed E-state index contributed by atoms with van der Waals surface area (Å²) >= 11 is 0. The number of halogens is 1. The van der Waals surface area contributed by atoms with Crippen molar-refractivity contribution < 1.29 is 14.2 Å². The molecule has 0 saturated heterocycles. The minimum Gasteiger partial charge on any atom is -0.396 e. The summed E-state index contributed by atoms with van der Waals surface area (Å²) < 4.78 is 18.8. The van der Waals surface area contributed by atoms with E-state index in [9.17, 15) is 9.50 Å². The summed E-state index contributed by atoms with van der Waals surface area (Å²) in [6, 6.07) is 6.58. The fourth-order valence-electron chi connectivity index (χ4n) is 2.90. The lowest BCUT2D eigenvalue weighted by Gasteiger charge is -2.26. The maximum Gasteiger partial charge on any atom is 0.124 e. The molecule has 0 unspecified atom stereocenters. The van der Waals surface area contributed by atoms with E-state index in [-0.39, 0.29) is 17.8 Å². The predicted octanol–water partition coefficient (Wildman–Crippen LogP) is 2.73. The van der Waals surface area contributed by atoms with Gasteiger partial charge in [0, 0.05) is 37.2 Å². The first-order chi connectivity index (χ1) is 10.6. The lowest BCUT2D eigenvalue weighted by atomic mass is 10.1. The van der Waals surface area contributed by atoms with E-state index >= 15 is 0 Å². The first kappa shape index (κ1) is 15.2. The zero-order valence-electron chi connectivity index (χ0n) is 13.0. The normalized spacial score (nSPS) is 16.0. The minimum absolute atomic E-state index is 0.000905. The van der Waals surface area contributed by atoms with Crippen LogP contribution >= 0.6 is 0 Å². The Balaban J connectivity index is 2.02. The highest BCUT2D eigenvalue weighted by Gasteiger charge is 2.43. The number of aliphatic hydroxyl groups is 1. The highest BCUT2D eigenvalue weighted by Crippen LogP contribution is 2.46. The molecule has 0 atom stereocenters. The third-order valence-electron chi connectivity index (χ3n) is 4.37. The number of benzene rings is 1. The summed E-state index contributed by atoms with van der Waals surface area (Å²) in [5, 5.41) is 10.3. The summed E-state index contributed by atoms with van der Waals surface area (Å²) in [4.78, 5) is 6.60. The second-order valence-corrected chi connectivity index (χ2v) is 6.24. The van der Waals surface area contributed by atoms with Gasteiger partial charge in [0.15, 0.2) is 0 Å². The average Bonchev–Trinajstić information content (AvgIpc) is 3.27. The second-order valence-electron chi connectivity index (χ2n) is 6.24. The van der Waals surface area contributed by atoms with Gasteiger partial charge in [0.2, 0.25) is 0 Å². The molecular weight excluding hydrogens is 283 g/mol. The zero-order chi connectivity index (χ0) is 15.7. The molecule has 0 spiro atoms. The van der Waals surface area contributed by atoms with Crippen molar-refractivity contribution in [1.29, 1.82) is 0 Å². The Morgan fingerprint density at radius 2 is 2.14 bits per heavy atom. The Hall–Kier alpha value is -1.72. The molecule has 0 amide bonds. The van der Waals surface area contributed by atoms with Gasteiger partial charge in [-0.2, -0.15) is 0 Å². The number of anilines is 1. The SMILES string of the molecule is COCc1cc(N(C)CC2(CO)CC2)c2cc(F)ccc2n1. The van der Waals surface area contributed by atoms with Crippen molar-refractivity contribution in [2.45, 2.75) is 19.4 Å². The maximum absolute atomic E-state index is 13.6. The lowest BCUT2D eigenvalue weighted by Crippen LogP contribution is -2.29. The maximum atomic E-state index is 13.6. The Morgan fingerprint density at radius 3 is 2.77 bits per heavy atom. The van der Waals surface area contributed by atoms with Gasteiger partial charge in [-0.3, -0.25) is 4.98 Å². The largest absolute Gasteiger partial charge is 0.396 e. The molecule has 1 aromatic carbocycles. The number of methoxy groups -OCH3 is 1. The van der Waals surface area contributed by atoms with E-state index in [1.54, 1.807) is 13.2 Å². The van der Waals surface area contributed by atoms with E-state index in [0.29, 0.717) is 6.61 Å². The minimum atomic E-state index is -0.272. The van der Waals surface area contributed by atoms with Crippen LogP contribution in [0.1, 0.15) is 18.5 Å². The van der Waals surface area contributed by atoms with Crippen molar-refractivity contribution >= 4 is 16.6 Å². The van der Waals surface area contributed by atoms with Gasteiger partial charge in [-0.25, -0.2) is 4.39 Å². The Morgan fingerprint density at radius 1 is 1.36 bits per heavy atom. The Labute approximate surface area is 129 Å². The highest BCUT2D eigenvalue weighted by molar-refractivity contribution is 5.92. The third kappa shape index (κ3) is 2.91. The van der Waals surface area contributed by atoms with Gasteiger partial charge in [-0.15, -0.1) is 0 Å². The van der Waals surface area contributed by atoms with Gasteiger partial charge >= 0.3 is 0 Å². The van der Waals surface area contributed by atoms with Crippen LogP contribution in [0.5, 0.6) is 0 Å². The van der Waals surface area contributed by atoms with E-state index in [2.05, 4.69) is 9.88 Å². The monoisotopic (exact) mass is 304 g/mol. The quantitative estimate of drug-likeness (QED) is 0.891. The molecule has 1 N–H and O–H groups in total. The van der Waals surface area contributed by atoms with Crippen molar-refractivity contribution in [3.8, 4) is 0 Å². The van der Waals surface area contributed by atoms with Crippen molar-refractivity contribution in [3.05, 3.63) is 35.8 Å². The van der Waals surface area contributed by atoms with Crippen molar-refractivity contribution in [3.63, 3.8) is 0 Å². The molecule has 0 bridgehead atoms. The molecule has 4 nitrogen and oxygen atoms in total. The summed E-state index contributed by atoms with van der Waals surface area (Å²) in [6.45, 7) is 1.37. The van der Waals surface area contributed by atoms with Gasteiger partial charge in [-0.05, 0) is 37.1 Å².